The highest BCUT2D eigenvalue weighted by atomic mass is 19.4. The lowest BCUT2D eigenvalue weighted by molar-refractivity contribution is -0.307. The molecule has 3 rings (SSSR count). The van der Waals surface area contributed by atoms with Crippen molar-refractivity contribution in [2.24, 2.45) is 11.8 Å². The van der Waals surface area contributed by atoms with Crippen LogP contribution in [0.25, 0.3) is 0 Å². The summed E-state index contributed by atoms with van der Waals surface area (Å²) in [6.45, 7) is 2.55. The van der Waals surface area contributed by atoms with Gasteiger partial charge in [-0.1, -0.05) is 0 Å². The van der Waals surface area contributed by atoms with Gasteiger partial charge in [0, 0.05) is 51.5 Å². The molecule has 0 saturated heterocycles. The highest BCUT2D eigenvalue weighted by Crippen LogP contribution is 2.34. The molecule has 0 saturated carbocycles. The first-order valence-electron chi connectivity index (χ1n) is 10.8. The maximum Gasteiger partial charge on any atom is 0.572 e. The van der Waals surface area contributed by atoms with Crippen molar-refractivity contribution in [3.8, 4) is 0 Å². The Morgan fingerprint density at radius 2 is 2.03 bits per heavy atom. The Morgan fingerprint density at radius 3 is 2.73 bits per heavy atom. The molecular formula is C22H33F3N2O3. The van der Waals surface area contributed by atoms with Crippen LogP contribution in [-0.4, -0.2) is 51.2 Å². The second-order valence-electron chi connectivity index (χ2n) is 8.32. The molecule has 0 radical (unpaired) electrons. The van der Waals surface area contributed by atoms with Crippen LogP contribution in [0, 0.1) is 11.8 Å². The fourth-order valence-electron chi connectivity index (χ4n) is 4.36. The van der Waals surface area contributed by atoms with Gasteiger partial charge < -0.3 is 24.4 Å². The number of nitrogens with one attached hydrogen (secondary N) is 1. The second-order valence-corrected chi connectivity index (χ2v) is 8.32. The minimum Gasteiger partial charge on any atom is -0.495 e. The molecule has 1 aliphatic heterocycles. The van der Waals surface area contributed by atoms with E-state index in [9.17, 15) is 13.2 Å². The minimum atomic E-state index is -4.61. The summed E-state index contributed by atoms with van der Waals surface area (Å²) in [6, 6.07) is 0. The summed E-state index contributed by atoms with van der Waals surface area (Å²) in [5, 5.41) is 3.41. The average Bonchev–Trinajstić information content (AvgIpc) is 2.69. The molecule has 0 bridgehead atoms. The Morgan fingerprint density at radius 1 is 1.20 bits per heavy atom. The van der Waals surface area contributed by atoms with Gasteiger partial charge in [0.1, 0.15) is 17.6 Å². The van der Waals surface area contributed by atoms with E-state index < -0.39 is 6.36 Å². The van der Waals surface area contributed by atoms with Crippen molar-refractivity contribution in [3.05, 3.63) is 35.6 Å². The number of hydrogen-bond donors (Lipinski definition) is 1. The third-order valence-electron chi connectivity index (χ3n) is 6.09. The van der Waals surface area contributed by atoms with Gasteiger partial charge in [-0.25, -0.2) is 0 Å². The van der Waals surface area contributed by atoms with E-state index in [0.717, 1.165) is 31.7 Å². The molecule has 3 aliphatic rings. The summed E-state index contributed by atoms with van der Waals surface area (Å²) in [5.41, 5.74) is 1.31. The molecule has 0 spiro atoms. The van der Waals surface area contributed by atoms with Crippen molar-refractivity contribution in [3.63, 3.8) is 0 Å². The molecule has 0 aromatic rings. The fourth-order valence-corrected chi connectivity index (χ4v) is 4.36. The van der Waals surface area contributed by atoms with Crippen molar-refractivity contribution >= 4 is 0 Å². The molecule has 0 amide bonds. The van der Waals surface area contributed by atoms with E-state index in [2.05, 4.69) is 34.3 Å². The molecule has 3 atom stereocenters. The standard InChI is InChI=1S/C22H33F3N2O3/c1-27-12-4-3-11-26-14-19(27)17-7-10-20(21(13-17)28-2)29-15-16-5-8-18(9-6-16)30-22(23,24)25/h8,10,14,16-17,21,26H,3-7,9,11-13,15H2,1-2H3/b19-14-. The van der Waals surface area contributed by atoms with Crippen LogP contribution in [0.1, 0.15) is 44.9 Å². The van der Waals surface area contributed by atoms with Gasteiger partial charge in [0.2, 0.25) is 0 Å². The summed E-state index contributed by atoms with van der Waals surface area (Å²) in [5.74, 6) is 1.42. The van der Waals surface area contributed by atoms with Gasteiger partial charge in [-0.15, -0.1) is 13.2 Å². The normalized spacial score (nSPS) is 30.1. The van der Waals surface area contributed by atoms with Crippen LogP contribution in [0.15, 0.2) is 35.6 Å². The van der Waals surface area contributed by atoms with Gasteiger partial charge in [-0.2, -0.15) is 0 Å². The zero-order valence-electron chi connectivity index (χ0n) is 17.8. The predicted molar refractivity (Wildman–Crippen MR) is 108 cm³/mol. The smallest absolute Gasteiger partial charge is 0.495 e. The molecule has 5 nitrogen and oxygen atoms in total. The maximum atomic E-state index is 12.3. The molecular weight excluding hydrogens is 397 g/mol. The number of rotatable bonds is 6. The molecule has 0 fully saturated rings. The van der Waals surface area contributed by atoms with E-state index in [-0.39, 0.29) is 24.2 Å². The van der Waals surface area contributed by atoms with Crippen LogP contribution in [0.2, 0.25) is 0 Å². The molecule has 1 heterocycles. The first-order chi connectivity index (χ1) is 14.4. The summed E-state index contributed by atoms with van der Waals surface area (Å²) in [6.07, 6.45) is 6.62. The van der Waals surface area contributed by atoms with E-state index in [0.29, 0.717) is 25.4 Å². The number of halogens is 3. The van der Waals surface area contributed by atoms with Gasteiger partial charge in [0.25, 0.3) is 0 Å². The zero-order valence-corrected chi connectivity index (χ0v) is 17.8. The van der Waals surface area contributed by atoms with Crippen molar-refractivity contribution < 1.29 is 27.4 Å². The molecule has 1 N–H and O–H groups in total. The summed E-state index contributed by atoms with van der Waals surface area (Å²) in [4.78, 5) is 2.33. The lowest BCUT2D eigenvalue weighted by atomic mass is 9.87. The van der Waals surface area contributed by atoms with E-state index in [4.69, 9.17) is 9.47 Å². The first-order valence-corrected chi connectivity index (χ1v) is 10.8. The van der Waals surface area contributed by atoms with Gasteiger partial charge >= 0.3 is 6.36 Å². The topological polar surface area (TPSA) is 43.0 Å². The molecule has 170 valence electrons. The van der Waals surface area contributed by atoms with Crippen molar-refractivity contribution in [1.29, 1.82) is 0 Å². The minimum absolute atomic E-state index is 0.0125. The lowest BCUT2D eigenvalue weighted by Crippen LogP contribution is -2.33. The van der Waals surface area contributed by atoms with Crippen molar-refractivity contribution in [1.82, 2.24) is 10.2 Å². The van der Waals surface area contributed by atoms with Crippen LogP contribution in [0.5, 0.6) is 0 Å². The molecule has 8 heteroatoms. The highest BCUT2D eigenvalue weighted by molar-refractivity contribution is 5.16. The highest BCUT2D eigenvalue weighted by Gasteiger charge is 2.33. The maximum absolute atomic E-state index is 12.3. The lowest BCUT2D eigenvalue weighted by Gasteiger charge is -2.35. The number of hydrogen-bond acceptors (Lipinski definition) is 5. The third kappa shape index (κ3) is 6.59. The Labute approximate surface area is 176 Å². The number of ether oxygens (including phenoxy) is 3. The molecule has 2 aliphatic carbocycles. The van der Waals surface area contributed by atoms with Crippen LogP contribution >= 0.6 is 0 Å². The fraction of sp³-hybridized carbons (Fsp3) is 0.727. The van der Waals surface area contributed by atoms with Crippen molar-refractivity contribution in [2.45, 2.75) is 57.4 Å². The average molecular weight is 431 g/mol. The van der Waals surface area contributed by atoms with Crippen LogP contribution < -0.4 is 5.32 Å². The van der Waals surface area contributed by atoms with E-state index >= 15 is 0 Å². The summed E-state index contributed by atoms with van der Waals surface area (Å²) < 4.78 is 52.8. The Balaban J connectivity index is 1.53. The zero-order chi connectivity index (χ0) is 21.6. The quantitative estimate of drug-likeness (QED) is 0.662. The van der Waals surface area contributed by atoms with Crippen LogP contribution in [0.4, 0.5) is 13.2 Å². The number of allylic oxidation sites excluding steroid dienone is 4. The van der Waals surface area contributed by atoms with Gasteiger partial charge in [-0.05, 0) is 56.6 Å². The van der Waals surface area contributed by atoms with Crippen LogP contribution in [-0.2, 0) is 14.2 Å². The molecule has 3 unspecified atom stereocenters. The Hall–Kier alpha value is -1.83. The second kappa shape index (κ2) is 10.5. The summed E-state index contributed by atoms with van der Waals surface area (Å²) >= 11 is 0. The third-order valence-corrected chi connectivity index (χ3v) is 6.09. The number of nitrogens with zero attached hydrogens (tertiary/aromatic N) is 1. The Bertz CT molecular complexity index is 661. The number of alkyl halides is 3. The largest absolute Gasteiger partial charge is 0.572 e. The van der Waals surface area contributed by atoms with Crippen molar-refractivity contribution in [2.75, 3.05) is 33.9 Å². The van der Waals surface area contributed by atoms with Gasteiger partial charge in [0.05, 0.1) is 6.61 Å². The Kier molecular flexibility index (Phi) is 7.97. The molecule has 0 aromatic heterocycles. The monoisotopic (exact) mass is 430 g/mol. The van der Waals surface area contributed by atoms with E-state index in [1.165, 1.54) is 24.6 Å². The van der Waals surface area contributed by atoms with Crippen LogP contribution in [0.3, 0.4) is 0 Å². The molecule has 30 heavy (non-hydrogen) atoms. The predicted octanol–water partition coefficient (Wildman–Crippen LogP) is 4.69. The summed E-state index contributed by atoms with van der Waals surface area (Å²) in [7, 11) is 3.84. The first kappa shape index (κ1) is 22.8. The molecule has 0 aromatic carbocycles. The van der Waals surface area contributed by atoms with Gasteiger partial charge in [-0.3, -0.25) is 0 Å². The van der Waals surface area contributed by atoms with E-state index in [1.807, 2.05) is 0 Å². The van der Waals surface area contributed by atoms with Gasteiger partial charge in [0.15, 0.2) is 0 Å². The number of methoxy groups -OCH3 is 1. The SMILES string of the molecule is COC1CC(/C2=C/NCCCCN2C)CC=C1OCC1CC=C(OC(F)(F)F)CC1. The van der Waals surface area contributed by atoms with E-state index in [1.54, 1.807) is 7.11 Å².